The minimum absolute atomic E-state index is 0.00269. The van der Waals surface area contributed by atoms with Gasteiger partial charge < -0.3 is 25.2 Å². The number of hydrogen-bond donors (Lipinski definition) is 3. The summed E-state index contributed by atoms with van der Waals surface area (Å²) >= 11 is 0. The van der Waals surface area contributed by atoms with Crippen LogP contribution in [0.15, 0.2) is 48.5 Å². The summed E-state index contributed by atoms with van der Waals surface area (Å²) < 4.78 is 5.58. The van der Waals surface area contributed by atoms with Gasteiger partial charge in [0, 0.05) is 31.3 Å². The van der Waals surface area contributed by atoms with Crippen LogP contribution in [0.5, 0.6) is 0 Å². The molecule has 2 fully saturated rings. The molecule has 8 heteroatoms. The third-order valence-electron chi connectivity index (χ3n) is 7.25. The minimum atomic E-state index is -1.09. The Bertz CT molecular complexity index is 1070. The molecular formula is C26H28N2O6. The molecule has 8 nitrogen and oxygen atoms in total. The molecule has 5 rings (SSSR count). The number of β-amino-alcohol motifs (C(OH)–C–C–N with tert-alkyl or cyclic N) is 1. The molecule has 2 amide bonds. The van der Waals surface area contributed by atoms with Gasteiger partial charge in [-0.25, -0.2) is 9.59 Å². The van der Waals surface area contributed by atoms with E-state index in [9.17, 15) is 24.6 Å². The number of rotatable bonds is 6. The highest BCUT2D eigenvalue weighted by Crippen LogP contribution is 2.44. The summed E-state index contributed by atoms with van der Waals surface area (Å²) in [6, 6.07) is 15.3. The summed E-state index contributed by atoms with van der Waals surface area (Å²) in [5.41, 5.74) is 4.67. The average Bonchev–Trinajstić information content (AvgIpc) is 3.34. The maximum Gasteiger partial charge on any atom is 0.407 e. The van der Waals surface area contributed by atoms with Crippen LogP contribution >= 0.6 is 0 Å². The predicted octanol–water partition coefficient (Wildman–Crippen LogP) is 2.74. The van der Waals surface area contributed by atoms with Crippen molar-refractivity contribution in [1.82, 2.24) is 10.2 Å². The second-order valence-corrected chi connectivity index (χ2v) is 9.50. The van der Waals surface area contributed by atoms with Gasteiger partial charge in [0.25, 0.3) is 0 Å². The number of hydrogen-bond acceptors (Lipinski definition) is 5. The number of ether oxygens (including phenoxy) is 1. The number of nitrogens with one attached hydrogen (secondary N) is 1. The average molecular weight is 465 g/mol. The number of carboxylic acids is 1. The van der Waals surface area contributed by atoms with E-state index >= 15 is 0 Å². The molecule has 0 bridgehead atoms. The topological polar surface area (TPSA) is 116 Å². The van der Waals surface area contributed by atoms with Gasteiger partial charge in [0.1, 0.15) is 12.6 Å². The number of carboxylic acid groups (broad SMARTS) is 1. The number of amides is 2. The molecule has 0 radical (unpaired) electrons. The summed E-state index contributed by atoms with van der Waals surface area (Å²) in [5.74, 6) is -1.26. The molecule has 1 heterocycles. The van der Waals surface area contributed by atoms with Crippen molar-refractivity contribution in [1.29, 1.82) is 0 Å². The van der Waals surface area contributed by atoms with Gasteiger partial charge in [-0.1, -0.05) is 48.5 Å². The summed E-state index contributed by atoms with van der Waals surface area (Å²) in [7, 11) is 0. The van der Waals surface area contributed by atoms with E-state index in [1.54, 1.807) is 0 Å². The lowest BCUT2D eigenvalue weighted by atomic mass is 9.78. The zero-order chi connectivity index (χ0) is 23.8. The number of carbonyl (C=O) groups is 3. The number of benzene rings is 2. The van der Waals surface area contributed by atoms with Crippen LogP contribution in [0.4, 0.5) is 4.79 Å². The first-order valence-electron chi connectivity index (χ1n) is 11.7. The Morgan fingerprint density at radius 1 is 0.971 bits per heavy atom. The number of alkyl carbamates (subject to hydrolysis) is 1. The Morgan fingerprint density at radius 2 is 1.59 bits per heavy atom. The van der Waals surface area contributed by atoms with Gasteiger partial charge in [0.2, 0.25) is 5.91 Å². The highest BCUT2D eigenvalue weighted by Gasteiger charge is 2.41. The first kappa shape index (κ1) is 22.4. The standard InChI is InChI=1S/C26H28N2O6/c29-17-12-23(25(31)32)28(13-17)24(30)11-15-9-16(10-15)27-26(33)34-14-22-20-7-3-1-5-18(20)19-6-2-4-8-21(19)22/h1-8,15-17,22-23,29H,9-14H2,(H,27,33)(H,31,32)/t15?,16?,17-,23-/m0/s1. The fourth-order valence-corrected chi connectivity index (χ4v) is 5.51. The molecule has 0 aromatic heterocycles. The van der Waals surface area contributed by atoms with Crippen molar-refractivity contribution in [2.45, 2.75) is 49.8 Å². The van der Waals surface area contributed by atoms with Gasteiger partial charge >= 0.3 is 12.1 Å². The Hall–Kier alpha value is -3.39. The number of nitrogens with zero attached hydrogens (tertiary/aromatic N) is 1. The molecule has 2 aromatic rings. The lowest BCUT2D eigenvalue weighted by Gasteiger charge is -2.36. The summed E-state index contributed by atoms with van der Waals surface area (Å²) in [5, 5.41) is 21.9. The van der Waals surface area contributed by atoms with Crippen LogP contribution in [0.25, 0.3) is 11.1 Å². The Kier molecular flexibility index (Phi) is 6.00. The first-order valence-corrected chi connectivity index (χ1v) is 11.7. The van der Waals surface area contributed by atoms with Crippen LogP contribution in [0.2, 0.25) is 0 Å². The van der Waals surface area contributed by atoms with Gasteiger partial charge in [0.05, 0.1) is 6.10 Å². The van der Waals surface area contributed by atoms with Crippen LogP contribution in [0, 0.1) is 5.92 Å². The molecule has 3 aliphatic rings. The molecule has 2 aromatic carbocycles. The smallest absolute Gasteiger partial charge is 0.407 e. The Balaban J connectivity index is 1.09. The molecule has 0 unspecified atom stereocenters. The van der Waals surface area contributed by atoms with Crippen molar-refractivity contribution in [3.63, 3.8) is 0 Å². The van der Waals surface area contributed by atoms with Crippen LogP contribution < -0.4 is 5.32 Å². The number of carbonyl (C=O) groups excluding carboxylic acids is 2. The molecule has 34 heavy (non-hydrogen) atoms. The predicted molar refractivity (Wildman–Crippen MR) is 123 cm³/mol. The first-order chi connectivity index (χ1) is 16.4. The van der Waals surface area contributed by atoms with Crippen molar-refractivity contribution in [3.05, 3.63) is 59.7 Å². The minimum Gasteiger partial charge on any atom is -0.480 e. The molecular weight excluding hydrogens is 436 g/mol. The summed E-state index contributed by atoms with van der Waals surface area (Å²) in [6.45, 7) is 0.312. The largest absolute Gasteiger partial charge is 0.480 e. The van der Waals surface area contributed by atoms with E-state index in [1.807, 2.05) is 24.3 Å². The van der Waals surface area contributed by atoms with E-state index in [1.165, 1.54) is 16.0 Å². The molecule has 1 saturated heterocycles. The van der Waals surface area contributed by atoms with E-state index in [0.717, 1.165) is 11.1 Å². The fourth-order valence-electron chi connectivity index (χ4n) is 5.51. The Labute approximate surface area is 197 Å². The summed E-state index contributed by atoms with van der Waals surface area (Å²) in [6.07, 6.45) is 0.310. The zero-order valence-electron chi connectivity index (χ0n) is 18.7. The number of aliphatic carboxylic acids is 1. The number of likely N-dealkylation sites (tertiary alicyclic amines) is 1. The molecule has 1 saturated carbocycles. The number of aliphatic hydroxyl groups excluding tert-OH is 1. The second kappa shape index (κ2) is 9.10. The number of aliphatic hydroxyl groups is 1. The second-order valence-electron chi connectivity index (χ2n) is 9.50. The van der Waals surface area contributed by atoms with E-state index in [0.29, 0.717) is 12.8 Å². The summed E-state index contributed by atoms with van der Waals surface area (Å²) in [4.78, 5) is 37.5. The van der Waals surface area contributed by atoms with Gasteiger partial charge in [-0.05, 0) is 41.0 Å². The van der Waals surface area contributed by atoms with Crippen LogP contribution in [-0.4, -0.2) is 64.4 Å². The maximum absolute atomic E-state index is 12.5. The van der Waals surface area contributed by atoms with E-state index in [2.05, 4.69) is 29.6 Å². The van der Waals surface area contributed by atoms with Gasteiger partial charge in [-0.2, -0.15) is 0 Å². The molecule has 1 aliphatic heterocycles. The van der Waals surface area contributed by atoms with Gasteiger partial charge in [-0.3, -0.25) is 4.79 Å². The molecule has 2 aliphatic carbocycles. The molecule has 3 N–H and O–H groups in total. The van der Waals surface area contributed by atoms with Crippen molar-refractivity contribution in [2.75, 3.05) is 13.2 Å². The Morgan fingerprint density at radius 3 is 2.21 bits per heavy atom. The van der Waals surface area contributed by atoms with Crippen LogP contribution in [-0.2, 0) is 14.3 Å². The SMILES string of the molecule is O=C(NC1CC(CC(=O)N2C[C@@H](O)C[C@H]2C(=O)O)C1)OCC1c2ccccc2-c2ccccc21. The van der Waals surface area contributed by atoms with Crippen LogP contribution in [0.1, 0.15) is 42.7 Å². The van der Waals surface area contributed by atoms with Crippen molar-refractivity contribution in [2.24, 2.45) is 5.92 Å². The number of fused-ring (bicyclic) bond motifs is 3. The zero-order valence-corrected chi connectivity index (χ0v) is 18.7. The third-order valence-corrected chi connectivity index (χ3v) is 7.25. The van der Waals surface area contributed by atoms with Crippen molar-refractivity contribution >= 4 is 18.0 Å². The normalized spacial score (nSPS) is 25.3. The van der Waals surface area contributed by atoms with E-state index in [-0.39, 0.29) is 49.8 Å². The van der Waals surface area contributed by atoms with Crippen molar-refractivity contribution in [3.8, 4) is 11.1 Å². The lowest BCUT2D eigenvalue weighted by Crippen LogP contribution is -2.47. The monoisotopic (exact) mass is 464 g/mol. The fraction of sp³-hybridized carbons (Fsp3) is 0.423. The highest BCUT2D eigenvalue weighted by molar-refractivity contribution is 5.84. The molecule has 2 atom stereocenters. The maximum atomic E-state index is 12.5. The van der Waals surface area contributed by atoms with Gasteiger partial charge in [0.15, 0.2) is 0 Å². The van der Waals surface area contributed by atoms with Crippen LogP contribution in [0.3, 0.4) is 0 Å². The molecule has 178 valence electrons. The molecule has 0 spiro atoms. The highest BCUT2D eigenvalue weighted by atomic mass is 16.5. The third kappa shape index (κ3) is 4.25. The van der Waals surface area contributed by atoms with E-state index in [4.69, 9.17) is 4.74 Å². The van der Waals surface area contributed by atoms with Crippen molar-refractivity contribution < 1.29 is 29.3 Å². The lowest BCUT2D eigenvalue weighted by molar-refractivity contribution is -0.148. The van der Waals surface area contributed by atoms with Gasteiger partial charge in [-0.15, -0.1) is 0 Å². The van der Waals surface area contributed by atoms with E-state index < -0.39 is 24.2 Å². The quantitative estimate of drug-likeness (QED) is 0.605.